The molecule has 2 aromatic rings. The molecule has 3 rings (SSSR count). The third-order valence-electron chi connectivity index (χ3n) is 2.97. The first-order chi connectivity index (χ1) is 7.90. The predicted octanol–water partition coefficient (Wildman–Crippen LogP) is 2.94. The molecule has 0 amide bonds. The van der Waals surface area contributed by atoms with Gasteiger partial charge in [-0.05, 0) is 31.4 Å². The average Bonchev–Trinajstić information content (AvgIpc) is 3.07. The summed E-state index contributed by atoms with van der Waals surface area (Å²) in [7, 11) is 0. The van der Waals surface area contributed by atoms with Crippen LogP contribution < -0.4 is 0 Å². The second-order valence-corrected chi connectivity index (χ2v) is 4.65. The van der Waals surface area contributed by atoms with Crippen molar-refractivity contribution < 1.29 is 0 Å². The van der Waals surface area contributed by atoms with E-state index in [1.165, 1.54) is 12.8 Å². The summed E-state index contributed by atoms with van der Waals surface area (Å²) in [6.07, 6.45) is 6.30. The Morgan fingerprint density at radius 1 is 1.44 bits per heavy atom. The molecule has 1 fully saturated rings. The zero-order chi connectivity index (χ0) is 11.0. The van der Waals surface area contributed by atoms with Gasteiger partial charge in [0.05, 0.1) is 0 Å². The Labute approximate surface area is 99.5 Å². The van der Waals surface area contributed by atoms with Crippen LogP contribution in [0.4, 0.5) is 0 Å². The van der Waals surface area contributed by atoms with Crippen LogP contribution in [0.25, 0.3) is 11.2 Å². The molecule has 0 spiro atoms. The van der Waals surface area contributed by atoms with Crippen molar-refractivity contribution >= 4 is 22.8 Å². The smallest absolute Gasteiger partial charge is 0.160 e. The number of nitrogens with zero attached hydrogens (tertiary/aromatic N) is 3. The standard InChI is InChI=1S/C12H14ClN3/c13-7-1-4-11-15-10-3-2-8-14-12(10)16(11)9-5-6-9/h2-3,8-9H,1,4-7H2. The molecule has 0 bridgehead atoms. The van der Waals surface area contributed by atoms with Gasteiger partial charge in [-0.3, -0.25) is 0 Å². The van der Waals surface area contributed by atoms with Crippen LogP contribution in [-0.2, 0) is 6.42 Å². The SMILES string of the molecule is ClCCCc1nc2cccnc2n1C1CC1. The summed E-state index contributed by atoms with van der Waals surface area (Å²) in [5.74, 6) is 1.85. The van der Waals surface area contributed by atoms with Crippen molar-refractivity contribution in [2.24, 2.45) is 0 Å². The summed E-state index contributed by atoms with van der Waals surface area (Å²) in [5, 5.41) is 0. The largest absolute Gasteiger partial charge is 0.310 e. The third kappa shape index (κ3) is 1.69. The molecule has 2 aromatic heterocycles. The van der Waals surface area contributed by atoms with E-state index >= 15 is 0 Å². The number of imidazole rings is 1. The van der Waals surface area contributed by atoms with Gasteiger partial charge in [0.15, 0.2) is 5.65 Å². The molecule has 0 aromatic carbocycles. The predicted molar refractivity (Wildman–Crippen MR) is 64.8 cm³/mol. The molecule has 0 unspecified atom stereocenters. The molecule has 0 saturated heterocycles. The molecule has 0 N–H and O–H groups in total. The first-order valence-corrected chi connectivity index (χ1v) is 6.31. The molecule has 4 heteroatoms. The van der Waals surface area contributed by atoms with Gasteiger partial charge in [-0.25, -0.2) is 9.97 Å². The quantitative estimate of drug-likeness (QED) is 0.763. The molecule has 1 aliphatic rings. The van der Waals surface area contributed by atoms with Gasteiger partial charge in [0.2, 0.25) is 0 Å². The highest BCUT2D eigenvalue weighted by Crippen LogP contribution is 2.38. The van der Waals surface area contributed by atoms with E-state index < -0.39 is 0 Å². The van der Waals surface area contributed by atoms with E-state index in [2.05, 4.69) is 14.5 Å². The molecule has 3 nitrogen and oxygen atoms in total. The highest BCUT2D eigenvalue weighted by atomic mass is 35.5. The van der Waals surface area contributed by atoms with Gasteiger partial charge in [-0.2, -0.15) is 0 Å². The van der Waals surface area contributed by atoms with E-state index in [0.29, 0.717) is 11.9 Å². The minimum Gasteiger partial charge on any atom is -0.310 e. The topological polar surface area (TPSA) is 30.7 Å². The first kappa shape index (κ1) is 10.1. The summed E-state index contributed by atoms with van der Waals surface area (Å²) >= 11 is 5.75. The fraction of sp³-hybridized carbons (Fsp3) is 0.500. The van der Waals surface area contributed by atoms with Crippen LogP contribution in [0.1, 0.15) is 31.1 Å². The van der Waals surface area contributed by atoms with Crippen molar-refractivity contribution in [3.8, 4) is 0 Å². The van der Waals surface area contributed by atoms with E-state index in [4.69, 9.17) is 11.6 Å². The molecule has 1 saturated carbocycles. The minimum absolute atomic E-state index is 0.630. The normalized spacial score (nSPS) is 15.8. The number of fused-ring (bicyclic) bond motifs is 1. The number of hydrogen-bond acceptors (Lipinski definition) is 2. The summed E-state index contributed by atoms with van der Waals surface area (Å²) in [6.45, 7) is 0. The van der Waals surface area contributed by atoms with Crippen LogP contribution >= 0.6 is 11.6 Å². The average molecular weight is 236 g/mol. The Kier molecular flexibility index (Phi) is 2.56. The van der Waals surface area contributed by atoms with Gasteiger partial charge < -0.3 is 4.57 Å². The maximum atomic E-state index is 5.75. The summed E-state index contributed by atoms with van der Waals surface area (Å²) in [4.78, 5) is 9.09. The molecule has 0 aliphatic heterocycles. The zero-order valence-electron chi connectivity index (χ0n) is 9.06. The number of hydrogen-bond donors (Lipinski definition) is 0. The second-order valence-electron chi connectivity index (χ2n) is 4.27. The molecule has 2 heterocycles. The fourth-order valence-electron chi connectivity index (χ4n) is 2.09. The van der Waals surface area contributed by atoms with Gasteiger partial charge >= 0.3 is 0 Å². The summed E-state index contributed by atoms with van der Waals surface area (Å²) in [5.41, 5.74) is 2.05. The number of aryl methyl sites for hydroxylation is 1. The van der Waals surface area contributed by atoms with E-state index in [1.54, 1.807) is 0 Å². The van der Waals surface area contributed by atoms with E-state index in [9.17, 15) is 0 Å². The Morgan fingerprint density at radius 2 is 2.31 bits per heavy atom. The molecule has 0 atom stereocenters. The Balaban J connectivity index is 2.07. The lowest BCUT2D eigenvalue weighted by atomic mass is 10.3. The van der Waals surface area contributed by atoms with Crippen LogP contribution in [0.5, 0.6) is 0 Å². The van der Waals surface area contributed by atoms with Crippen molar-refractivity contribution in [3.63, 3.8) is 0 Å². The van der Waals surface area contributed by atoms with Crippen molar-refractivity contribution in [1.82, 2.24) is 14.5 Å². The van der Waals surface area contributed by atoms with Gasteiger partial charge in [0.25, 0.3) is 0 Å². The number of aromatic nitrogens is 3. The zero-order valence-corrected chi connectivity index (χ0v) is 9.82. The molecule has 0 radical (unpaired) electrons. The lowest BCUT2D eigenvalue weighted by Crippen LogP contribution is -2.02. The summed E-state index contributed by atoms with van der Waals surface area (Å²) < 4.78 is 2.31. The second kappa shape index (κ2) is 4.06. The number of halogens is 1. The van der Waals surface area contributed by atoms with Gasteiger partial charge in [0.1, 0.15) is 11.3 Å². The Morgan fingerprint density at radius 3 is 3.06 bits per heavy atom. The Hall–Kier alpha value is -1.09. The fourth-order valence-corrected chi connectivity index (χ4v) is 2.23. The van der Waals surface area contributed by atoms with Crippen molar-refractivity contribution in [2.45, 2.75) is 31.7 Å². The highest BCUT2D eigenvalue weighted by Gasteiger charge is 2.28. The van der Waals surface area contributed by atoms with Crippen LogP contribution in [0.2, 0.25) is 0 Å². The molecule has 16 heavy (non-hydrogen) atoms. The van der Waals surface area contributed by atoms with Crippen LogP contribution in [-0.4, -0.2) is 20.4 Å². The Bertz CT molecular complexity index is 502. The van der Waals surface area contributed by atoms with E-state index in [-0.39, 0.29) is 0 Å². The van der Waals surface area contributed by atoms with Crippen molar-refractivity contribution in [2.75, 3.05) is 5.88 Å². The van der Waals surface area contributed by atoms with Gasteiger partial charge in [-0.1, -0.05) is 0 Å². The van der Waals surface area contributed by atoms with Crippen molar-refractivity contribution in [3.05, 3.63) is 24.2 Å². The van der Waals surface area contributed by atoms with E-state index in [0.717, 1.165) is 29.8 Å². The number of alkyl halides is 1. The lowest BCUT2D eigenvalue weighted by molar-refractivity contribution is 0.682. The van der Waals surface area contributed by atoms with E-state index in [1.807, 2.05) is 18.3 Å². The first-order valence-electron chi connectivity index (χ1n) is 5.78. The molecule has 1 aliphatic carbocycles. The minimum atomic E-state index is 0.630. The van der Waals surface area contributed by atoms with Crippen molar-refractivity contribution in [1.29, 1.82) is 0 Å². The lowest BCUT2D eigenvalue weighted by Gasteiger charge is -2.05. The highest BCUT2D eigenvalue weighted by molar-refractivity contribution is 6.17. The van der Waals surface area contributed by atoms with Crippen LogP contribution in [0.3, 0.4) is 0 Å². The third-order valence-corrected chi connectivity index (χ3v) is 3.24. The van der Waals surface area contributed by atoms with Crippen LogP contribution in [0.15, 0.2) is 18.3 Å². The monoisotopic (exact) mass is 235 g/mol. The van der Waals surface area contributed by atoms with Gasteiger partial charge in [0, 0.05) is 24.5 Å². The maximum absolute atomic E-state index is 5.75. The molecule has 84 valence electrons. The summed E-state index contributed by atoms with van der Waals surface area (Å²) in [6, 6.07) is 4.61. The number of pyridine rings is 1. The van der Waals surface area contributed by atoms with Crippen LogP contribution in [0, 0.1) is 0 Å². The number of rotatable bonds is 4. The maximum Gasteiger partial charge on any atom is 0.160 e. The van der Waals surface area contributed by atoms with Gasteiger partial charge in [-0.15, -0.1) is 11.6 Å². The molecular weight excluding hydrogens is 222 g/mol. The molecular formula is C12H14ClN3.